The van der Waals surface area contributed by atoms with E-state index in [2.05, 4.69) is 5.32 Å². The molecule has 2 aromatic rings. The second-order valence-corrected chi connectivity index (χ2v) is 5.93. The van der Waals surface area contributed by atoms with E-state index in [1.807, 2.05) is 6.92 Å². The average Bonchev–Trinajstić information content (AvgIpc) is 2.90. The molecule has 1 aliphatic heterocycles. The van der Waals surface area contributed by atoms with E-state index in [4.69, 9.17) is 4.74 Å². The number of nitrogens with one attached hydrogen (secondary N) is 1. The minimum atomic E-state index is -0.387. The predicted octanol–water partition coefficient (Wildman–Crippen LogP) is 3.71. The molecule has 0 bridgehead atoms. The van der Waals surface area contributed by atoms with Crippen molar-refractivity contribution in [3.8, 4) is 5.75 Å². The van der Waals surface area contributed by atoms with Crippen molar-refractivity contribution >= 4 is 18.0 Å². The van der Waals surface area contributed by atoms with Crippen LogP contribution in [0.15, 0.2) is 54.2 Å². The van der Waals surface area contributed by atoms with E-state index >= 15 is 0 Å². The van der Waals surface area contributed by atoms with Crippen LogP contribution < -0.4 is 10.1 Å². The van der Waals surface area contributed by atoms with Crippen molar-refractivity contribution in [1.82, 2.24) is 10.2 Å². The summed E-state index contributed by atoms with van der Waals surface area (Å²) >= 11 is 0. The van der Waals surface area contributed by atoms with E-state index in [-0.39, 0.29) is 23.5 Å². The van der Waals surface area contributed by atoms with Crippen molar-refractivity contribution in [2.24, 2.45) is 0 Å². The Kier molecular flexibility index (Phi) is 5.31. The Morgan fingerprint density at radius 3 is 2.42 bits per heavy atom. The molecule has 1 heterocycles. The number of carbonyl (C=O) groups is 2. The lowest BCUT2D eigenvalue weighted by molar-refractivity contribution is -0.122. The number of carbonyl (C=O) groups excluding carboxylic acids is 2. The standard InChI is InChI=1S/C20H19FN2O3/c1-2-11-23-19(24)18(22-20(23)25)12-14-5-9-17(10-6-14)26-13-15-3-7-16(21)8-4-15/h3-10,12H,2,11,13H2,1H3,(H,22,25)/b18-12+. The Morgan fingerprint density at radius 2 is 1.77 bits per heavy atom. The first-order valence-electron chi connectivity index (χ1n) is 8.38. The zero-order chi connectivity index (χ0) is 18.5. The highest BCUT2D eigenvalue weighted by molar-refractivity contribution is 6.13. The summed E-state index contributed by atoms with van der Waals surface area (Å²) in [4.78, 5) is 25.2. The number of nitrogens with zero attached hydrogens (tertiary/aromatic N) is 1. The second-order valence-electron chi connectivity index (χ2n) is 5.93. The molecule has 0 atom stereocenters. The van der Waals surface area contributed by atoms with Crippen molar-refractivity contribution in [2.45, 2.75) is 20.0 Å². The van der Waals surface area contributed by atoms with Crippen LogP contribution in [-0.2, 0) is 11.4 Å². The maximum Gasteiger partial charge on any atom is 0.329 e. The summed E-state index contributed by atoms with van der Waals surface area (Å²) < 4.78 is 18.5. The van der Waals surface area contributed by atoms with Gasteiger partial charge in [-0.05, 0) is 47.9 Å². The van der Waals surface area contributed by atoms with Crippen molar-refractivity contribution in [1.29, 1.82) is 0 Å². The molecule has 0 spiro atoms. The smallest absolute Gasteiger partial charge is 0.329 e. The molecule has 1 aliphatic rings. The average molecular weight is 354 g/mol. The Morgan fingerprint density at radius 1 is 1.08 bits per heavy atom. The molecule has 6 heteroatoms. The van der Waals surface area contributed by atoms with Gasteiger partial charge < -0.3 is 10.1 Å². The highest BCUT2D eigenvalue weighted by atomic mass is 19.1. The highest BCUT2D eigenvalue weighted by Gasteiger charge is 2.32. The number of imide groups is 1. The summed E-state index contributed by atoms with van der Waals surface area (Å²) in [6.07, 6.45) is 2.35. The van der Waals surface area contributed by atoms with Crippen LogP contribution in [0.2, 0.25) is 0 Å². The van der Waals surface area contributed by atoms with Gasteiger partial charge in [-0.15, -0.1) is 0 Å². The van der Waals surface area contributed by atoms with Gasteiger partial charge in [0.1, 0.15) is 23.9 Å². The van der Waals surface area contributed by atoms with Crippen molar-refractivity contribution in [3.05, 3.63) is 71.2 Å². The van der Waals surface area contributed by atoms with E-state index in [1.54, 1.807) is 42.5 Å². The molecule has 3 amide bonds. The lowest BCUT2D eigenvalue weighted by Crippen LogP contribution is -2.31. The molecule has 3 rings (SSSR count). The molecule has 0 saturated carbocycles. The van der Waals surface area contributed by atoms with Gasteiger partial charge in [0.05, 0.1) is 0 Å². The Labute approximate surface area is 151 Å². The van der Waals surface area contributed by atoms with Crippen molar-refractivity contribution < 1.29 is 18.7 Å². The fourth-order valence-electron chi connectivity index (χ4n) is 2.57. The number of urea groups is 1. The topological polar surface area (TPSA) is 58.6 Å². The Balaban J connectivity index is 1.63. The third kappa shape index (κ3) is 4.08. The number of hydrogen-bond donors (Lipinski definition) is 1. The van der Waals surface area contributed by atoms with Crippen LogP contribution >= 0.6 is 0 Å². The van der Waals surface area contributed by atoms with Crippen LogP contribution in [-0.4, -0.2) is 23.4 Å². The van der Waals surface area contributed by atoms with Gasteiger partial charge in [0.25, 0.3) is 5.91 Å². The number of amides is 3. The monoisotopic (exact) mass is 354 g/mol. The summed E-state index contributed by atoms with van der Waals surface area (Å²) in [5.41, 5.74) is 1.91. The fraction of sp³-hybridized carbons (Fsp3) is 0.200. The molecule has 1 N–H and O–H groups in total. The first kappa shape index (κ1) is 17.7. The summed E-state index contributed by atoms with van der Waals surface area (Å²) in [6, 6.07) is 12.9. The van der Waals surface area contributed by atoms with Gasteiger partial charge in [0.15, 0.2) is 0 Å². The summed E-state index contributed by atoms with van der Waals surface area (Å²) in [5.74, 6) is 0.0662. The zero-order valence-electron chi connectivity index (χ0n) is 14.4. The van der Waals surface area contributed by atoms with Gasteiger partial charge in [-0.3, -0.25) is 9.69 Å². The third-order valence-corrected chi connectivity index (χ3v) is 3.92. The molecule has 134 valence electrons. The number of halogens is 1. The van der Waals surface area contributed by atoms with E-state index in [0.29, 0.717) is 25.3 Å². The summed E-state index contributed by atoms with van der Waals surface area (Å²) in [7, 11) is 0. The summed E-state index contributed by atoms with van der Waals surface area (Å²) in [6.45, 7) is 2.65. The quantitative estimate of drug-likeness (QED) is 0.635. The fourth-order valence-corrected chi connectivity index (χ4v) is 2.57. The van der Waals surface area contributed by atoms with Crippen LogP contribution in [0, 0.1) is 5.82 Å². The van der Waals surface area contributed by atoms with E-state index in [9.17, 15) is 14.0 Å². The minimum absolute atomic E-state index is 0.267. The zero-order valence-corrected chi connectivity index (χ0v) is 14.4. The molecule has 0 radical (unpaired) electrons. The molecular formula is C20H19FN2O3. The lowest BCUT2D eigenvalue weighted by atomic mass is 10.2. The predicted molar refractivity (Wildman–Crippen MR) is 95.7 cm³/mol. The Bertz CT molecular complexity index is 829. The second kappa shape index (κ2) is 7.82. The number of benzene rings is 2. The van der Waals surface area contributed by atoms with Gasteiger partial charge in [-0.25, -0.2) is 9.18 Å². The molecule has 0 unspecified atom stereocenters. The first-order chi connectivity index (χ1) is 12.6. The maximum atomic E-state index is 12.9. The van der Waals surface area contributed by atoms with Crippen LogP contribution in [0.3, 0.4) is 0 Å². The van der Waals surface area contributed by atoms with Gasteiger partial charge in [-0.2, -0.15) is 0 Å². The molecule has 1 saturated heterocycles. The van der Waals surface area contributed by atoms with Crippen LogP contribution in [0.25, 0.3) is 6.08 Å². The minimum Gasteiger partial charge on any atom is -0.489 e. The van der Waals surface area contributed by atoms with Crippen molar-refractivity contribution in [2.75, 3.05) is 6.54 Å². The van der Waals surface area contributed by atoms with Gasteiger partial charge >= 0.3 is 6.03 Å². The van der Waals surface area contributed by atoms with Crippen LogP contribution in [0.5, 0.6) is 5.75 Å². The molecular weight excluding hydrogens is 335 g/mol. The van der Waals surface area contributed by atoms with E-state index in [1.165, 1.54) is 17.0 Å². The Hall–Kier alpha value is -3.15. The van der Waals surface area contributed by atoms with Crippen LogP contribution in [0.1, 0.15) is 24.5 Å². The number of ether oxygens (including phenoxy) is 1. The largest absolute Gasteiger partial charge is 0.489 e. The normalized spacial score (nSPS) is 15.5. The molecule has 26 heavy (non-hydrogen) atoms. The first-order valence-corrected chi connectivity index (χ1v) is 8.38. The van der Waals surface area contributed by atoms with Gasteiger partial charge in [0.2, 0.25) is 0 Å². The van der Waals surface area contributed by atoms with E-state index in [0.717, 1.165) is 11.1 Å². The molecule has 5 nitrogen and oxygen atoms in total. The molecule has 2 aromatic carbocycles. The number of hydrogen-bond acceptors (Lipinski definition) is 3. The van der Waals surface area contributed by atoms with Gasteiger partial charge in [0, 0.05) is 6.54 Å². The molecule has 0 aromatic heterocycles. The lowest BCUT2D eigenvalue weighted by Gasteiger charge is -2.08. The van der Waals surface area contributed by atoms with E-state index < -0.39 is 0 Å². The summed E-state index contributed by atoms with van der Waals surface area (Å²) in [5, 5.41) is 2.59. The number of rotatable bonds is 6. The third-order valence-electron chi connectivity index (χ3n) is 3.92. The van der Waals surface area contributed by atoms with Crippen molar-refractivity contribution in [3.63, 3.8) is 0 Å². The molecule has 1 fully saturated rings. The SMILES string of the molecule is CCCN1C(=O)N/C(=C/c2ccc(OCc3ccc(F)cc3)cc2)C1=O. The highest BCUT2D eigenvalue weighted by Crippen LogP contribution is 2.18. The maximum absolute atomic E-state index is 12.9. The van der Waals surface area contributed by atoms with Gasteiger partial charge in [-0.1, -0.05) is 31.2 Å². The van der Waals surface area contributed by atoms with Crippen LogP contribution in [0.4, 0.5) is 9.18 Å². The molecule has 0 aliphatic carbocycles.